The highest BCUT2D eigenvalue weighted by molar-refractivity contribution is 5.83. The van der Waals surface area contributed by atoms with Gasteiger partial charge in [-0.15, -0.1) is 0 Å². The van der Waals surface area contributed by atoms with Gasteiger partial charge in [-0.3, -0.25) is 9.89 Å². The van der Waals surface area contributed by atoms with Gasteiger partial charge in [-0.05, 0) is 31.2 Å². The van der Waals surface area contributed by atoms with Crippen LogP contribution in [0.4, 0.5) is 17.5 Å². The zero-order valence-corrected chi connectivity index (χ0v) is 11.9. The maximum atomic E-state index is 11.1. The molecule has 0 aliphatic heterocycles. The molecule has 1 atom stereocenters. The van der Waals surface area contributed by atoms with Crippen molar-refractivity contribution in [1.82, 2.24) is 20.2 Å². The van der Waals surface area contributed by atoms with Crippen LogP contribution in [0.5, 0.6) is 0 Å². The fraction of sp³-hybridized carbons (Fsp3) is 0.143. The monoisotopic (exact) mass is 297 g/mol. The van der Waals surface area contributed by atoms with Crippen LogP contribution in [-0.2, 0) is 4.79 Å². The third-order valence-corrected chi connectivity index (χ3v) is 3.14. The van der Waals surface area contributed by atoms with Crippen LogP contribution in [0.25, 0.3) is 10.9 Å². The van der Waals surface area contributed by atoms with Crippen molar-refractivity contribution in [2.75, 3.05) is 10.6 Å². The van der Waals surface area contributed by atoms with Crippen LogP contribution in [0.2, 0.25) is 0 Å². The van der Waals surface area contributed by atoms with E-state index >= 15 is 0 Å². The molecule has 0 unspecified atom stereocenters. The number of hydrogen-bond donors (Lipinski definition) is 4. The van der Waals surface area contributed by atoms with Crippen LogP contribution < -0.4 is 16.4 Å². The minimum atomic E-state index is -0.544. The van der Waals surface area contributed by atoms with E-state index in [1.807, 2.05) is 18.2 Å². The number of amides is 1. The fourth-order valence-electron chi connectivity index (χ4n) is 1.93. The summed E-state index contributed by atoms with van der Waals surface area (Å²) in [5.74, 6) is 0.477. The van der Waals surface area contributed by atoms with Crippen molar-refractivity contribution in [3.05, 3.63) is 36.7 Å². The summed E-state index contributed by atoms with van der Waals surface area (Å²) in [6.45, 7) is 1.65. The van der Waals surface area contributed by atoms with Crippen molar-refractivity contribution in [3.8, 4) is 0 Å². The Morgan fingerprint density at radius 3 is 3.05 bits per heavy atom. The number of H-pyrrole nitrogens is 1. The van der Waals surface area contributed by atoms with Gasteiger partial charge in [0.1, 0.15) is 11.9 Å². The molecule has 5 N–H and O–H groups in total. The number of carbonyl (C=O) groups is 1. The minimum Gasteiger partial charge on any atom is -0.368 e. The van der Waals surface area contributed by atoms with E-state index in [0.29, 0.717) is 11.8 Å². The van der Waals surface area contributed by atoms with E-state index in [0.717, 1.165) is 16.6 Å². The third kappa shape index (κ3) is 2.95. The summed E-state index contributed by atoms with van der Waals surface area (Å²) in [6.07, 6.45) is 3.35. The lowest BCUT2D eigenvalue weighted by molar-refractivity contribution is -0.118. The minimum absolute atomic E-state index is 0.334. The highest BCUT2D eigenvalue weighted by atomic mass is 16.1. The van der Waals surface area contributed by atoms with Crippen LogP contribution in [0.3, 0.4) is 0 Å². The van der Waals surface area contributed by atoms with Gasteiger partial charge in [0, 0.05) is 17.3 Å². The quantitative estimate of drug-likeness (QED) is 0.564. The van der Waals surface area contributed by atoms with Gasteiger partial charge < -0.3 is 16.4 Å². The number of nitrogens with one attached hydrogen (secondary N) is 3. The summed E-state index contributed by atoms with van der Waals surface area (Å²) in [5.41, 5.74) is 7.05. The molecule has 2 aromatic heterocycles. The van der Waals surface area contributed by atoms with E-state index in [4.69, 9.17) is 5.73 Å². The summed E-state index contributed by atoms with van der Waals surface area (Å²) in [6, 6.07) is 7.00. The molecule has 0 saturated heterocycles. The number of nitrogens with zero attached hydrogens (tertiary/aromatic N) is 3. The number of aromatic nitrogens is 4. The number of fused-ring (bicyclic) bond motifs is 1. The Labute approximate surface area is 126 Å². The Morgan fingerprint density at radius 1 is 1.36 bits per heavy atom. The van der Waals surface area contributed by atoms with Crippen molar-refractivity contribution in [2.45, 2.75) is 13.0 Å². The largest absolute Gasteiger partial charge is 0.368 e. The molecule has 1 amide bonds. The molecule has 8 nitrogen and oxygen atoms in total. The predicted molar refractivity (Wildman–Crippen MR) is 83.7 cm³/mol. The van der Waals surface area contributed by atoms with E-state index in [1.165, 1.54) is 0 Å². The number of hydrogen-bond acceptors (Lipinski definition) is 6. The van der Waals surface area contributed by atoms with E-state index in [1.54, 1.807) is 25.4 Å². The van der Waals surface area contributed by atoms with Crippen LogP contribution in [0.15, 0.2) is 36.7 Å². The molecule has 0 radical (unpaired) electrons. The fourth-order valence-corrected chi connectivity index (χ4v) is 1.93. The highest BCUT2D eigenvalue weighted by Gasteiger charge is 2.10. The number of carbonyl (C=O) groups excluding carboxylic acids is 1. The van der Waals surface area contributed by atoms with Crippen LogP contribution in [-0.4, -0.2) is 32.1 Å². The first kappa shape index (κ1) is 13.8. The number of benzene rings is 1. The number of rotatable bonds is 5. The molecule has 3 aromatic rings. The first-order valence-electron chi connectivity index (χ1n) is 6.71. The first-order valence-corrected chi connectivity index (χ1v) is 6.71. The molecule has 8 heteroatoms. The van der Waals surface area contributed by atoms with Gasteiger partial charge in [-0.25, -0.2) is 4.98 Å². The van der Waals surface area contributed by atoms with Crippen molar-refractivity contribution in [2.24, 2.45) is 5.73 Å². The molecule has 0 spiro atoms. The average molecular weight is 297 g/mol. The van der Waals surface area contributed by atoms with Crippen LogP contribution >= 0.6 is 0 Å². The number of anilines is 3. The number of nitrogens with two attached hydrogens (primary N) is 1. The third-order valence-electron chi connectivity index (χ3n) is 3.14. The van der Waals surface area contributed by atoms with Gasteiger partial charge in [0.15, 0.2) is 0 Å². The zero-order valence-electron chi connectivity index (χ0n) is 11.9. The molecule has 0 fully saturated rings. The Bertz CT molecular complexity index is 814. The molecular formula is C14H15N7O. The molecule has 3 rings (SSSR count). The SMILES string of the molecule is C[C@@H](Nc1nccc(Nc2ccc3[nH]ncc3c2)n1)C(N)=O. The lowest BCUT2D eigenvalue weighted by atomic mass is 10.2. The van der Waals surface area contributed by atoms with Crippen molar-refractivity contribution >= 4 is 34.3 Å². The topological polar surface area (TPSA) is 122 Å². The Morgan fingerprint density at radius 2 is 2.23 bits per heavy atom. The van der Waals surface area contributed by atoms with E-state index in [9.17, 15) is 4.79 Å². The zero-order chi connectivity index (χ0) is 15.5. The summed E-state index contributed by atoms with van der Waals surface area (Å²) in [7, 11) is 0. The molecule has 2 heterocycles. The molecule has 1 aromatic carbocycles. The Kier molecular flexibility index (Phi) is 3.57. The predicted octanol–water partition coefficient (Wildman–Crippen LogP) is 1.38. The molecule has 0 aliphatic carbocycles. The van der Waals surface area contributed by atoms with E-state index in [-0.39, 0.29) is 0 Å². The van der Waals surface area contributed by atoms with Gasteiger partial charge in [0.2, 0.25) is 11.9 Å². The second-order valence-electron chi connectivity index (χ2n) is 4.83. The molecule has 0 bridgehead atoms. The van der Waals surface area contributed by atoms with E-state index < -0.39 is 11.9 Å². The lowest BCUT2D eigenvalue weighted by Crippen LogP contribution is -2.33. The smallest absolute Gasteiger partial charge is 0.239 e. The first-order chi connectivity index (χ1) is 10.6. The van der Waals surface area contributed by atoms with Crippen molar-refractivity contribution < 1.29 is 4.79 Å². The maximum absolute atomic E-state index is 11.1. The number of primary amides is 1. The Balaban J connectivity index is 1.78. The summed E-state index contributed by atoms with van der Waals surface area (Å²) in [5, 5.41) is 13.9. The molecule has 22 heavy (non-hydrogen) atoms. The van der Waals surface area contributed by atoms with Gasteiger partial charge in [-0.1, -0.05) is 0 Å². The molecule has 0 aliphatic rings. The maximum Gasteiger partial charge on any atom is 0.239 e. The van der Waals surface area contributed by atoms with Crippen LogP contribution in [0.1, 0.15) is 6.92 Å². The molecule has 0 saturated carbocycles. The standard InChI is InChI=1S/C14H15N7O/c1-8(13(15)22)18-14-16-5-4-12(20-14)19-10-2-3-11-9(6-10)7-17-21-11/h2-8H,1H3,(H2,15,22)(H,17,21)(H2,16,18,19,20)/t8-/m1/s1. The van der Waals surface area contributed by atoms with Gasteiger partial charge in [0.05, 0.1) is 11.7 Å². The number of aromatic amines is 1. The Hall–Kier alpha value is -3.16. The normalized spacial score (nSPS) is 12.0. The van der Waals surface area contributed by atoms with E-state index in [2.05, 4.69) is 30.8 Å². The van der Waals surface area contributed by atoms with Crippen LogP contribution in [0, 0.1) is 0 Å². The summed E-state index contributed by atoms with van der Waals surface area (Å²) < 4.78 is 0. The summed E-state index contributed by atoms with van der Waals surface area (Å²) >= 11 is 0. The second-order valence-corrected chi connectivity index (χ2v) is 4.83. The van der Waals surface area contributed by atoms with Gasteiger partial charge in [-0.2, -0.15) is 10.1 Å². The van der Waals surface area contributed by atoms with Crippen molar-refractivity contribution in [1.29, 1.82) is 0 Å². The molecular weight excluding hydrogens is 282 g/mol. The molecule has 112 valence electrons. The summed E-state index contributed by atoms with van der Waals surface area (Å²) in [4.78, 5) is 19.4. The van der Waals surface area contributed by atoms with Crippen molar-refractivity contribution in [3.63, 3.8) is 0 Å². The highest BCUT2D eigenvalue weighted by Crippen LogP contribution is 2.20. The lowest BCUT2D eigenvalue weighted by Gasteiger charge is -2.11. The second kappa shape index (κ2) is 5.68. The average Bonchev–Trinajstić information content (AvgIpc) is 2.95. The van der Waals surface area contributed by atoms with Gasteiger partial charge >= 0.3 is 0 Å². The van der Waals surface area contributed by atoms with Gasteiger partial charge in [0.25, 0.3) is 0 Å².